The van der Waals surface area contributed by atoms with Gasteiger partial charge in [0, 0.05) is 37.5 Å². The minimum atomic E-state index is -2.57. The Balaban J connectivity index is 1.74. The number of carbonyl (C=O) groups is 1. The van der Waals surface area contributed by atoms with E-state index < -0.39 is 5.92 Å². The van der Waals surface area contributed by atoms with Crippen LogP contribution in [0.5, 0.6) is 0 Å². The van der Waals surface area contributed by atoms with E-state index in [9.17, 15) is 13.6 Å². The fourth-order valence-electron chi connectivity index (χ4n) is 2.52. The van der Waals surface area contributed by atoms with Crippen molar-refractivity contribution in [2.24, 2.45) is 0 Å². The average molecular weight is 331 g/mol. The minimum absolute atomic E-state index is 0.146. The number of amides is 2. The summed E-state index contributed by atoms with van der Waals surface area (Å²) in [6.07, 6.45) is 1.11. The number of rotatable bonds is 4. The number of benzene rings is 1. The Kier molecular flexibility index (Phi) is 5.62. The SMILES string of the molecule is CN(CCc1ccc(Cl)cc1)C(=O)NC1CCC(F)(F)CC1. The number of urea groups is 1. The van der Waals surface area contributed by atoms with E-state index in [0.717, 1.165) is 12.0 Å². The molecule has 0 spiro atoms. The molecule has 1 aromatic rings. The first-order valence-electron chi connectivity index (χ1n) is 7.50. The van der Waals surface area contributed by atoms with E-state index in [0.29, 0.717) is 24.4 Å². The van der Waals surface area contributed by atoms with Crippen molar-refractivity contribution in [3.63, 3.8) is 0 Å². The Bertz CT molecular complexity index is 497. The predicted molar refractivity (Wildman–Crippen MR) is 83.5 cm³/mol. The van der Waals surface area contributed by atoms with Gasteiger partial charge in [-0.15, -0.1) is 0 Å². The molecule has 0 radical (unpaired) electrons. The van der Waals surface area contributed by atoms with Gasteiger partial charge in [0.25, 0.3) is 0 Å². The van der Waals surface area contributed by atoms with Crippen LogP contribution in [0.15, 0.2) is 24.3 Å². The Labute approximate surface area is 134 Å². The molecule has 0 saturated heterocycles. The molecule has 0 bridgehead atoms. The van der Waals surface area contributed by atoms with Gasteiger partial charge in [0.15, 0.2) is 0 Å². The first-order chi connectivity index (χ1) is 10.4. The van der Waals surface area contributed by atoms with Crippen LogP contribution in [0, 0.1) is 0 Å². The highest BCUT2D eigenvalue weighted by atomic mass is 35.5. The van der Waals surface area contributed by atoms with E-state index in [1.54, 1.807) is 11.9 Å². The molecule has 0 aromatic heterocycles. The van der Waals surface area contributed by atoms with Crippen LogP contribution in [0.2, 0.25) is 5.02 Å². The molecule has 1 aliphatic carbocycles. The summed E-state index contributed by atoms with van der Waals surface area (Å²) in [5.41, 5.74) is 1.10. The molecule has 6 heteroatoms. The average Bonchev–Trinajstić information content (AvgIpc) is 2.48. The summed E-state index contributed by atoms with van der Waals surface area (Å²) in [5.74, 6) is -2.57. The Morgan fingerprint density at radius 1 is 1.32 bits per heavy atom. The zero-order chi connectivity index (χ0) is 16.2. The molecule has 22 heavy (non-hydrogen) atoms. The van der Waals surface area contributed by atoms with E-state index in [-0.39, 0.29) is 24.9 Å². The number of carbonyl (C=O) groups excluding carboxylic acids is 1. The van der Waals surface area contributed by atoms with Gasteiger partial charge < -0.3 is 10.2 Å². The third-order valence-electron chi connectivity index (χ3n) is 4.04. The second kappa shape index (κ2) is 7.27. The number of halogens is 3. The van der Waals surface area contributed by atoms with Crippen LogP contribution in [0.4, 0.5) is 13.6 Å². The zero-order valence-electron chi connectivity index (χ0n) is 12.6. The molecule has 1 aliphatic rings. The van der Waals surface area contributed by atoms with Crippen molar-refractivity contribution in [1.82, 2.24) is 10.2 Å². The molecule has 0 atom stereocenters. The molecule has 1 fully saturated rings. The number of nitrogens with zero attached hydrogens (tertiary/aromatic N) is 1. The van der Waals surface area contributed by atoms with Crippen LogP contribution >= 0.6 is 11.6 Å². The van der Waals surface area contributed by atoms with E-state index in [4.69, 9.17) is 11.6 Å². The fraction of sp³-hybridized carbons (Fsp3) is 0.562. The lowest BCUT2D eigenvalue weighted by atomic mass is 9.92. The maximum absolute atomic E-state index is 13.1. The number of hydrogen-bond donors (Lipinski definition) is 1. The molecule has 0 heterocycles. The van der Waals surface area contributed by atoms with Gasteiger partial charge in [0.1, 0.15) is 0 Å². The van der Waals surface area contributed by atoms with Crippen molar-refractivity contribution >= 4 is 17.6 Å². The normalized spacial score (nSPS) is 18.0. The Morgan fingerprint density at radius 2 is 1.91 bits per heavy atom. The molecular weight excluding hydrogens is 310 g/mol. The topological polar surface area (TPSA) is 32.3 Å². The summed E-state index contributed by atoms with van der Waals surface area (Å²) in [6, 6.07) is 7.14. The molecule has 0 unspecified atom stereocenters. The highest BCUT2D eigenvalue weighted by molar-refractivity contribution is 6.30. The van der Waals surface area contributed by atoms with Gasteiger partial charge in [-0.25, -0.2) is 13.6 Å². The standard InChI is InChI=1S/C16H21ClF2N2O/c1-21(11-8-12-2-4-13(17)5-3-12)15(22)20-14-6-9-16(18,19)10-7-14/h2-5,14H,6-11H2,1H3,(H,20,22). The molecule has 0 aliphatic heterocycles. The van der Waals surface area contributed by atoms with Crippen LogP contribution in [0.3, 0.4) is 0 Å². The molecule has 122 valence electrons. The molecule has 1 saturated carbocycles. The first kappa shape index (κ1) is 17.0. The van der Waals surface area contributed by atoms with E-state index >= 15 is 0 Å². The maximum Gasteiger partial charge on any atom is 0.317 e. The second-order valence-corrected chi connectivity index (χ2v) is 6.31. The van der Waals surface area contributed by atoms with Gasteiger partial charge >= 0.3 is 6.03 Å². The van der Waals surface area contributed by atoms with E-state index in [1.165, 1.54) is 0 Å². The van der Waals surface area contributed by atoms with Crippen LogP contribution in [-0.2, 0) is 6.42 Å². The summed E-state index contributed by atoms with van der Waals surface area (Å²) in [4.78, 5) is 13.6. The van der Waals surface area contributed by atoms with Crippen molar-refractivity contribution in [3.8, 4) is 0 Å². The lowest BCUT2D eigenvalue weighted by Gasteiger charge is -2.30. The van der Waals surface area contributed by atoms with Crippen molar-refractivity contribution in [2.45, 2.75) is 44.1 Å². The third-order valence-corrected chi connectivity index (χ3v) is 4.29. The zero-order valence-corrected chi connectivity index (χ0v) is 13.4. The predicted octanol–water partition coefficient (Wildman–Crippen LogP) is 4.10. The Hall–Kier alpha value is -1.36. The van der Waals surface area contributed by atoms with Crippen LogP contribution in [-0.4, -0.2) is 36.5 Å². The van der Waals surface area contributed by atoms with Crippen molar-refractivity contribution < 1.29 is 13.6 Å². The first-order valence-corrected chi connectivity index (χ1v) is 7.87. The quantitative estimate of drug-likeness (QED) is 0.885. The molecule has 1 N–H and O–H groups in total. The van der Waals surface area contributed by atoms with Crippen LogP contribution in [0.25, 0.3) is 0 Å². The van der Waals surface area contributed by atoms with Gasteiger partial charge in [-0.1, -0.05) is 23.7 Å². The maximum atomic E-state index is 13.1. The number of alkyl halides is 2. The molecule has 2 rings (SSSR count). The number of nitrogens with one attached hydrogen (secondary N) is 1. The fourth-order valence-corrected chi connectivity index (χ4v) is 2.64. The monoisotopic (exact) mass is 330 g/mol. The van der Waals surface area contributed by atoms with Gasteiger partial charge in [0.2, 0.25) is 5.92 Å². The van der Waals surface area contributed by atoms with Crippen molar-refractivity contribution in [2.75, 3.05) is 13.6 Å². The molecule has 2 amide bonds. The van der Waals surface area contributed by atoms with Crippen molar-refractivity contribution in [3.05, 3.63) is 34.9 Å². The van der Waals surface area contributed by atoms with Gasteiger partial charge in [-0.3, -0.25) is 0 Å². The van der Waals surface area contributed by atoms with Crippen LogP contribution in [0.1, 0.15) is 31.2 Å². The summed E-state index contributed by atoms with van der Waals surface area (Å²) in [6.45, 7) is 0.566. The van der Waals surface area contributed by atoms with Gasteiger partial charge in [-0.05, 0) is 37.0 Å². The van der Waals surface area contributed by atoms with Crippen LogP contribution < -0.4 is 5.32 Å². The molecule has 1 aromatic carbocycles. The van der Waals surface area contributed by atoms with E-state index in [1.807, 2.05) is 24.3 Å². The minimum Gasteiger partial charge on any atom is -0.335 e. The van der Waals surface area contributed by atoms with Crippen molar-refractivity contribution in [1.29, 1.82) is 0 Å². The third kappa shape index (κ3) is 5.13. The number of likely N-dealkylation sites (N-methyl/N-ethyl adjacent to an activating group) is 1. The number of hydrogen-bond acceptors (Lipinski definition) is 1. The summed E-state index contributed by atoms with van der Waals surface area (Å²) >= 11 is 5.83. The summed E-state index contributed by atoms with van der Waals surface area (Å²) in [5, 5.41) is 3.52. The highest BCUT2D eigenvalue weighted by Gasteiger charge is 2.35. The lowest BCUT2D eigenvalue weighted by Crippen LogP contribution is -2.46. The van der Waals surface area contributed by atoms with E-state index in [2.05, 4.69) is 5.32 Å². The lowest BCUT2D eigenvalue weighted by molar-refractivity contribution is -0.0397. The highest BCUT2D eigenvalue weighted by Crippen LogP contribution is 2.32. The summed E-state index contributed by atoms with van der Waals surface area (Å²) in [7, 11) is 1.71. The molecular formula is C16H21ClF2N2O. The Morgan fingerprint density at radius 3 is 2.50 bits per heavy atom. The second-order valence-electron chi connectivity index (χ2n) is 5.88. The molecule has 3 nitrogen and oxygen atoms in total. The summed E-state index contributed by atoms with van der Waals surface area (Å²) < 4.78 is 26.2. The van der Waals surface area contributed by atoms with Gasteiger partial charge in [0.05, 0.1) is 0 Å². The smallest absolute Gasteiger partial charge is 0.317 e. The largest absolute Gasteiger partial charge is 0.335 e. The van der Waals surface area contributed by atoms with Gasteiger partial charge in [-0.2, -0.15) is 0 Å².